The van der Waals surface area contributed by atoms with Crippen molar-refractivity contribution in [3.8, 4) is 0 Å². The number of rotatable bonds is 8. The van der Waals surface area contributed by atoms with Crippen molar-refractivity contribution in [3.63, 3.8) is 0 Å². The van der Waals surface area contributed by atoms with Crippen LogP contribution >= 0.6 is 0 Å². The summed E-state index contributed by atoms with van der Waals surface area (Å²) in [5, 5.41) is 0. The fraction of sp³-hybridized carbons (Fsp3) is 0.370. The zero-order valence-corrected chi connectivity index (χ0v) is 19.4. The molecule has 0 heterocycles. The van der Waals surface area contributed by atoms with E-state index in [0.717, 1.165) is 23.5 Å². The van der Waals surface area contributed by atoms with Gasteiger partial charge < -0.3 is 4.90 Å². The fourth-order valence-electron chi connectivity index (χ4n) is 2.80. The van der Waals surface area contributed by atoms with Crippen LogP contribution in [0.15, 0.2) is 90.3 Å². The predicted octanol–water partition coefficient (Wildman–Crippen LogP) is 7.62. The maximum absolute atomic E-state index is 4.11. The predicted molar refractivity (Wildman–Crippen MR) is 132 cm³/mol. The number of benzene rings is 1. The van der Waals surface area contributed by atoms with Crippen LogP contribution in [0.25, 0.3) is 0 Å². The molecule has 0 N–H and O–H groups in total. The van der Waals surface area contributed by atoms with Gasteiger partial charge in [0.1, 0.15) is 0 Å². The van der Waals surface area contributed by atoms with Crippen molar-refractivity contribution in [3.05, 3.63) is 90.8 Å². The third-order valence-electron chi connectivity index (χ3n) is 4.42. The van der Waals surface area contributed by atoms with E-state index in [1.165, 1.54) is 5.56 Å². The van der Waals surface area contributed by atoms with Gasteiger partial charge in [-0.3, -0.25) is 4.99 Å². The Bertz CT molecular complexity index is 788. The number of aliphatic imine (C=N–C) groups is 1. The average molecular weight is 391 g/mol. The minimum absolute atomic E-state index is 0.113. The molecule has 0 aliphatic heterocycles. The molecule has 0 amide bonds. The first-order valence-electron chi connectivity index (χ1n) is 10.2. The molecule has 0 spiro atoms. The molecule has 156 valence electrons. The van der Waals surface area contributed by atoms with E-state index in [-0.39, 0.29) is 10.8 Å². The average Bonchev–Trinajstić information content (AvgIpc) is 2.63. The minimum atomic E-state index is 0.113. The molecule has 0 unspecified atom stereocenters. The van der Waals surface area contributed by atoms with Gasteiger partial charge in [-0.15, -0.1) is 0 Å². The van der Waals surface area contributed by atoms with E-state index in [0.29, 0.717) is 0 Å². The highest BCUT2D eigenvalue weighted by molar-refractivity contribution is 5.76. The molecule has 1 aromatic rings. The van der Waals surface area contributed by atoms with Crippen LogP contribution in [0.2, 0.25) is 0 Å². The van der Waals surface area contributed by atoms with E-state index in [1.54, 1.807) is 13.3 Å². The van der Waals surface area contributed by atoms with Gasteiger partial charge >= 0.3 is 0 Å². The van der Waals surface area contributed by atoms with Gasteiger partial charge in [0.05, 0.1) is 0 Å². The Kier molecular flexibility index (Phi) is 9.10. The topological polar surface area (TPSA) is 15.6 Å². The van der Waals surface area contributed by atoms with Gasteiger partial charge in [-0.05, 0) is 59.3 Å². The van der Waals surface area contributed by atoms with Crippen molar-refractivity contribution >= 4 is 11.9 Å². The molecule has 2 nitrogen and oxygen atoms in total. The Morgan fingerprint density at radius 1 is 0.966 bits per heavy atom. The molecular weight excluding hydrogens is 352 g/mol. The minimum Gasteiger partial charge on any atom is -0.310 e. The van der Waals surface area contributed by atoms with Crippen molar-refractivity contribution in [2.45, 2.75) is 53.4 Å². The Morgan fingerprint density at radius 3 is 2.03 bits per heavy atom. The molecule has 0 aliphatic carbocycles. The van der Waals surface area contributed by atoms with Gasteiger partial charge in [0.25, 0.3) is 0 Å². The summed E-state index contributed by atoms with van der Waals surface area (Å²) in [7, 11) is 1.77. The van der Waals surface area contributed by atoms with E-state index < -0.39 is 0 Å². The lowest BCUT2D eigenvalue weighted by Crippen LogP contribution is -2.20. The molecule has 2 heteroatoms. The molecule has 0 saturated carbocycles. The zero-order chi connectivity index (χ0) is 22.1. The van der Waals surface area contributed by atoms with Crippen LogP contribution in [0, 0.1) is 5.41 Å². The molecular formula is C27H38N2. The summed E-state index contributed by atoms with van der Waals surface area (Å²) in [6, 6.07) is 8.72. The van der Waals surface area contributed by atoms with Crippen molar-refractivity contribution in [2.24, 2.45) is 10.4 Å². The zero-order valence-electron chi connectivity index (χ0n) is 19.4. The second kappa shape index (κ2) is 10.8. The Hall–Kier alpha value is -2.61. The first kappa shape index (κ1) is 24.4. The van der Waals surface area contributed by atoms with Gasteiger partial charge in [-0.2, -0.15) is 0 Å². The number of allylic oxidation sites excluding steroid dienone is 6. The molecule has 0 radical (unpaired) electrons. The summed E-state index contributed by atoms with van der Waals surface area (Å²) in [5.74, 6) is 0. The lowest BCUT2D eigenvalue weighted by molar-refractivity contribution is 0.420. The van der Waals surface area contributed by atoms with E-state index in [2.05, 4.69) is 101 Å². The molecule has 0 aliphatic rings. The summed E-state index contributed by atoms with van der Waals surface area (Å²) in [4.78, 5) is 6.29. The van der Waals surface area contributed by atoms with Crippen molar-refractivity contribution in [1.29, 1.82) is 0 Å². The van der Waals surface area contributed by atoms with Crippen molar-refractivity contribution in [2.75, 3.05) is 11.9 Å². The van der Waals surface area contributed by atoms with Crippen LogP contribution in [0.4, 0.5) is 5.69 Å². The molecule has 29 heavy (non-hydrogen) atoms. The standard InChI is InChI=1S/C27H38N2/c1-10-13-24(14-12-20-26(3,4)5)29(23(11-2)19-21-28-9)25-17-15-22(16-18-25)27(6,7)8/h10-19,21H,1-2,20H2,3-9H3/b14-12-,23-19+,24-13+,28-21?. The highest BCUT2D eigenvalue weighted by Crippen LogP contribution is 2.30. The van der Waals surface area contributed by atoms with Gasteiger partial charge in [0.2, 0.25) is 0 Å². The summed E-state index contributed by atoms with van der Waals surface area (Å²) in [6.07, 6.45) is 14.8. The normalized spacial score (nSPS) is 13.9. The molecule has 0 atom stereocenters. The number of hydrogen-bond acceptors (Lipinski definition) is 2. The highest BCUT2D eigenvalue weighted by atomic mass is 15.1. The van der Waals surface area contributed by atoms with E-state index in [9.17, 15) is 0 Å². The smallest absolute Gasteiger partial charge is 0.0470 e. The molecule has 0 bridgehead atoms. The van der Waals surface area contributed by atoms with Gasteiger partial charge in [0.15, 0.2) is 0 Å². The largest absolute Gasteiger partial charge is 0.310 e. The molecule has 0 saturated heterocycles. The van der Waals surface area contributed by atoms with Gasteiger partial charge in [-0.1, -0.05) is 79.0 Å². The Labute approximate surface area is 178 Å². The Morgan fingerprint density at radius 2 is 1.59 bits per heavy atom. The second-order valence-corrected chi connectivity index (χ2v) is 9.33. The lowest BCUT2D eigenvalue weighted by atomic mass is 9.87. The number of nitrogens with zero attached hydrogens (tertiary/aromatic N) is 2. The fourth-order valence-corrected chi connectivity index (χ4v) is 2.80. The summed E-state index contributed by atoms with van der Waals surface area (Å²) >= 11 is 0. The maximum atomic E-state index is 4.11. The monoisotopic (exact) mass is 390 g/mol. The van der Waals surface area contributed by atoms with Crippen molar-refractivity contribution in [1.82, 2.24) is 0 Å². The highest BCUT2D eigenvalue weighted by Gasteiger charge is 2.17. The molecule has 0 fully saturated rings. The molecule has 1 aromatic carbocycles. The van der Waals surface area contributed by atoms with Crippen LogP contribution in [0.5, 0.6) is 0 Å². The van der Waals surface area contributed by atoms with Crippen LogP contribution in [0.3, 0.4) is 0 Å². The summed E-state index contributed by atoms with van der Waals surface area (Å²) in [5.41, 5.74) is 4.71. The van der Waals surface area contributed by atoms with E-state index >= 15 is 0 Å². The van der Waals surface area contributed by atoms with E-state index in [4.69, 9.17) is 0 Å². The molecule has 1 rings (SSSR count). The number of anilines is 1. The second-order valence-electron chi connectivity index (χ2n) is 9.33. The van der Waals surface area contributed by atoms with Gasteiger partial charge in [0, 0.05) is 30.3 Å². The van der Waals surface area contributed by atoms with Crippen molar-refractivity contribution < 1.29 is 0 Å². The molecule has 0 aromatic heterocycles. The third kappa shape index (κ3) is 8.11. The summed E-state index contributed by atoms with van der Waals surface area (Å²) in [6.45, 7) is 21.4. The first-order valence-corrected chi connectivity index (χ1v) is 10.2. The van der Waals surface area contributed by atoms with Crippen LogP contribution in [-0.4, -0.2) is 13.3 Å². The first-order chi connectivity index (χ1) is 13.5. The summed E-state index contributed by atoms with van der Waals surface area (Å²) < 4.78 is 0. The lowest BCUT2D eigenvalue weighted by Gasteiger charge is -2.28. The quantitative estimate of drug-likeness (QED) is 0.329. The Balaban J connectivity index is 3.51. The van der Waals surface area contributed by atoms with Crippen LogP contribution in [0.1, 0.15) is 53.5 Å². The van der Waals surface area contributed by atoms with E-state index in [1.807, 2.05) is 24.3 Å². The number of hydrogen-bond donors (Lipinski definition) is 0. The SMILES string of the molecule is C=C/C=C(\C=C/CC(C)(C)C)N(/C(C=C)=C/C=NC)c1ccc(C(C)(C)C)cc1. The maximum Gasteiger partial charge on any atom is 0.0470 e. The van der Waals surface area contributed by atoms with Crippen LogP contribution < -0.4 is 4.90 Å². The third-order valence-corrected chi connectivity index (χ3v) is 4.42. The van der Waals surface area contributed by atoms with Crippen LogP contribution in [-0.2, 0) is 5.41 Å². The van der Waals surface area contributed by atoms with Gasteiger partial charge in [-0.25, -0.2) is 0 Å².